The van der Waals surface area contributed by atoms with Crippen molar-refractivity contribution in [2.75, 3.05) is 10.5 Å². The van der Waals surface area contributed by atoms with E-state index in [0.717, 1.165) is 21.6 Å². The second-order valence-corrected chi connectivity index (χ2v) is 12.8. The SMILES string of the molecule is C[C@H]1[C@@H](CSc2ccc(C(=O)O)cc2)O[C@@H](c2ccc(NS(=O)(=O)c3ccccc3)cc2)O[C@H]1c1ccc(CO)cc1. The van der Waals surface area contributed by atoms with Gasteiger partial charge in [0.1, 0.15) is 0 Å². The summed E-state index contributed by atoms with van der Waals surface area (Å²) in [5.41, 5.74) is 3.15. The van der Waals surface area contributed by atoms with E-state index in [2.05, 4.69) is 11.6 Å². The number of carboxylic acids is 1. The average molecular weight is 606 g/mol. The highest BCUT2D eigenvalue weighted by atomic mass is 32.2. The zero-order chi connectivity index (χ0) is 29.7. The van der Waals surface area contributed by atoms with Gasteiger partial charge in [-0.2, -0.15) is 0 Å². The minimum atomic E-state index is -3.72. The van der Waals surface area contributed by atoms with Crippen molar-refractivity contribution in [3.8, 4) is 0 Å². The summed E-state index contributed by atoms with van der Waals surface area (Å²) >= 11 is 1.58. The summed E-state index contributed by atoms with van der Waals surface area (Å²) in [7, 11) is -3.72. The molecule has 0 spiro atoms. The summed E-state index contributed by atoms with van der Waals surface area (Å²) in [6, 6.07) is 29.5. The number of thioether (sulfide) groups is 1. The van der Waals surface area contributed by atoms with Crippen molar-refractivity contribution in [1.82, 2.24) is 0 Å². The Morgan fingerprint density at radius 3 is 2.12 bits per heavy atom. The fourth-order valence-electron chi connectivity index (χ4n) is 4.70. The number of benzene rings is 4. The van der Waals surface area contributed by atoms with Crippen molar-refractivity contribution in [2.45, 2.75) is 41.8 Å². The van der Waals surface area contributed by atoms with Crippen LogP contribution in [-0.2, 0) is 26.1 Å². The number of hydrogen-bond donors (Lipinski definition) is 3. The Bertz CT molecular complexity index is 1590. The van der Waals surface area contributed by atoms with Crippen LogP contribution in [0.2, 0.25) is 0 Å². The van der Waals surface area contributed by atoms with E-state index in [0.29, 0.717) is 11.4 Å². The molecular weight excluding hydrogens is 574 g/mol. The first-order valence-electron chi connectivity index (χ1n) is 13.4. The van der Waals surface area contributed by atoms with Crippen molar-refractivity contribution >= 4 is 33.4 Å². The Hall–Kier alpha value is -3.67. The number of ether oxygens (including phenoxy) is 2. The summed E-state index contributed by atoms with van der Waals surface area (Å²) in [5.74, 6) is -0.387. The number of aromatic carboxylic acids is 1. The van der Waals surface area contributed by atoms with Crippen LogP contribution in [0, 0.1) is 5.92 Å². The van der Waals surface area contributed by atoms with Crippen LogP contribution in [0.5, 0.6) is 0 Å². The molecule has 218 valence electrons. The van der Waals surface area contributed by atoms with Gasteiger partial charge in [-0.3, -0.25) is 4.72 Å². The first kappa shape index (κ1) is 29.8. The molecule has 1 heterocycles. The molecule has 4 aromatic carbocycles. The highest BCUT2D eigenvalue weighted by Gasteiger charge is 2.38. The molecule has 0 aromatic heterocycles. The zero-order valence-corrected chi connectivity index (χ0v) is 24.4. The molecule has 0 aliphatic carbocycles. The third-order valence-electron chi connectivity index (χ3n) is 7.13. The summed E-state index contributed by atoms with van der Waals surface area (Å²) in [5, 5.41) is 18.7. The van der Waals surface area contributed by atoms with Gasteiger partial charge in [-0.05, 0) is 59.7 Å². The van der Waals surface area contributed by atoms with Gasteiger partial charge in [-0.25, -0.2) is 13.2 Å². The van der Waals surface area contributed by atoms with Crippen molar-refractivity contribution in [3.63, 3.8) is 0 Å². The van der Waals surface area contributed by atoms with E-state index in [1.54, 1.807) is 78.5 Å². The number of anilines is 1. The molecule has 8 nitrogen and oxygen atoms in total. The predicted octanol–water partition coefficient (Wildman–Crippen LogP) is 6.26. The molecule has 0 radical (unpaired) electrons. The number of aliphatic hydroxyl groups is 1. The lowest BCUT2D eigenvalue weighted by atomic mass is 9.91. The van der Waals surface area contributed by atoms with Gasteiger partial charge in [0, 0.05) is 27.8 Å². The predicted molar refractivity (Wildman–Crippen MR) is 161 cm³/mol. The second kappa shape index (κ2) is 13.1. The molecule has 1 saturated heterocycles. The molecule has 10 heteroatoms. The van der Waals surface area contributed by atoms with Crippen LogP contribution in [0.1, 0.15) is 46.4 Å². The molecule has 1 aliphatic heterocycles. The van der Waals surface area contributed by atoms with Crippen LogP contribution in [0.15, 0.2) is 113 Å². The molecule has 3 N–H and O–H groups in total. The maximum atomic E-state index is 12.7. The summed E-state index contributed by atoms with van der Waals surface area (Å²) < 4.78 is 41.0. The monoisotopic (exact) mass is 605 g/mol. The first-order chi connectivity index (χ1) is 20.2. The summed E-state index contributed by atoms with van der Waals surface area (Å²) in [6.07, 6.45) is -1.22. The molecule has 0 unspecified atom stereocenters. The molecule has 4 atom stereocenters. The van der Waals surface area contributed by atoms with E-state index in [1.165, 1.54) is 12.1 Å². The minimum Gasteiger partial charge on any atom is -0.478 e. The number of rotatable bonds is 10. The van der Waals surface area contributed by atoms with Gasteiger partial charge in [0.25, 0.3) is 10.0 Å². The van der Waals surface area contributed by atoms with Crippen LogP contribution in [-0.4, -0.2) is 36.5 Å². The molecule has 1 fully saturated rings. The quantitative estimate of drug-likeness (QED) is 0.181. The Kier molecular flexibility index (Phi) is 9.30. The normalized spacial score (nSPS) is 20.6. The van der Waals surface area contributed by atoms with E-state index in [1.807, 2.05) is 24.3 Å². The highest BCUT2D eigenvalue weighted by Crippen LogP contribution is 2.43. The van der Waals surface area contributed by atoms with E-state index < -0.39 is 22.3 Å². The smallest absolute Gasteiger partial charge is 0.335 e. The Morgan fingerprint density at radius 1 is 0.857 bits per heavy atom. The van der Waals surface area contributed by atoms with E-state index in [-0.39, 0.29) is 35.2 Å². The molecule has 0 bridgehead atoms. The minimum absolute atomic E-state index is 0.0241. The van der Waals surface area contributed by atoms with Gasteiger partial charge in [0.15, 0.2) is 6.29 Å². The highest BCUT2D eigenvalue weighted by molar-refractivity contribution is 7.99. The van der Waals surface area contributed by atoms with Gasteiger partial charge < -0.3 is 19.7 Å². The molecule has 1 aliphatic rings. The largest absolute Gasteiger partial charge is 0.478 e. The first-order valence-corrected chi connectivity index (χ1v) is 15.8. The van der Waals surface area contributed by atoms with Crippen LogP contribution in [0.25, 0.3) is 0 Å². The fraction of sp³-hybridized carbons (Fsp3) is 0.219. The van der Waals surface area contributed by atoms with Crippen LogP contribution < -0.4 is 4.72 Å². The second-order valence-electron chi connectivity index (χ2n) is 10.0. The van der Waals surface area contributed by atoms with Crippen LogP contribution in [0.4, 0.5) is 5.69 Å². The van der Waals surface area contributed by atoms with Crippen LogP contribution in [0.3, 0.4) is 0 Å². The average Bonchev–Trinajstić information content (AvgIpc) is 3.01. The molecule has 4 aromatic rings. The molecule has 42 heavy (non-hydrogen) atoms. The maximum Gasteiger partial charge on any atom is 0.335 e. The lowest BCUT2D eigenvalue weighted by Gasteiger charge is -2.41. The molecule has 5 rings (SSSR count). The number of carbonyl (C=O) groups is 1. The summed E-state index contributed by atoms with van der Waals surface area (Å²) in [6.45, 7) is 2.02. The van der Waals surface area contributed by atoms with Gasteiger partial charge >= 0.3 is 5.97 Å². The van der Waals surface area contributed by atoms with Crippen LogP contribution >= 0.6 is 11.8 Å². The Morgan fingerprint density at radius 2 is 1.50 bits per heavy atom. The third-order valence-corrected chi connectivity index (χ3v) is 9.63. The van der Waals surface area contributed by atoms with Gasteiger partial charge in [-0.15, -0.1) is 11.8 Å². The number of nitrogens with one attached hydrogen (secondary N) is 1. The van der Waals surface area contributed by atoms with E-state index >= 15 is 0 Å². The summed E-state index contributed by atoms with van der Waals surface area (Å²) in [4.78, 5) is 12.3. The topological polar surface area (TPSA) is 122 Å². The lowest BCUT2D eigenvalue weighted by Crippen LogP contribution is -2.38. The van der Waals surface area contributed by atoms with Gasteiger partial charge in [0.05, 0.1) is 29.3 Å². The number of aliphatic hydroxyl groups excluding tert-OH is 1. The standard InChI is InChI=1S/C32H31NO7S2/c1-21-29(20-41-27-17-13-24(14-18-27)31(35)36)39-32(40-30(21)23-9-7-22(19-34)8-10-23)25-11-15-26(16-12-25)33-42(37,38)28-5-3-2-4-6-28/h2-18,21,29-30,32-34H,19-20H2,1H3,(H,35,36)/t21-,29+,30+,32+/m0/s1. The number of sulfonamides is 1. The van der Waals surface area contributed by atoms with Gasteiger partial charge in [-0.1, -0.05) is 61.5 Å². The van der Waals surface area contributed by atoms with Crippen molar-refractivity contribution < 1.29 is 32.9 Å². The Labute approximate surface area is 249 Å². The van der Waals surface area contributed by atoms with Gasteiger partial charge in [0.2, 0.25) is 0 Å². The Balaban J connectivity index is 1.35. The van der Waals surface area contributed by atoms with E-state index in [4.69, 9.17) is 9.47 Å². The van der Waals surface area contributed by atoms with E-state index in [9.17, 15) is 23.4 Å². The maximum absolute atomic E-state index is 12.7. The molecule has 0 amide bonds. The van der Waals surface area contributed by atoms with Crippen molar-refractivity contribution in [3.05, 3.63) is 125 Å². The van der Waals surface area contributed by atoms with Crippen molar-refractivity contribution in [2.24, 2.45) is 5.92 Å². The number of hydrogen-bond acceptors (Lipinski definition) is 7. The van der Waals surface area contributed by atoms with Crippen molar-refractivity contribution in [1.29, 1.82) is 0 Å². The molecular formula is C32H31NO7S2. The zero-order valence-electron chi connectivity index (χ0n) is 22.8. The lowest BCUT2D eigenvalue weighted by molar-refractivity contribution is -0.268. The molecule has 0 saturated carbocycles. The third kappa shape index (κ3) is 7.03. The fourth-order valence-corrected chi connectivity index (χ4v) is 6.85. The number of carboxylic acid groups (broad SMARTS) is 1.